The van der Waals surface area contributed by atoms with Crippen LogP contribution in [0.4, 0.5) is 5.69 Å². The zero-order valence-corrected chi connectivity index (χ0v) is 15.3. The van der Waals surface area contributed by atoms with E-state index in [2.05, 4.69) is 10.3 Å². The predicted molar refractivity (Wildman–Crippen MR) is 101 cm³/mol. The topological polar surface area (TPSA) is 64.0 Å². The van der Waals surface area contributed by atoms with E-state index in [-0.39, 0.29) is 22.9 Å². The molecule has 128 valence electrons. The van der Waals surface area contributed by atoms with Crippen molar-refractivity contribution in [1.82, 2.24) is 9.55 Å². The summed E-state index contributed by atoms with van der Waals surface area (Å²) in [5.74, 6) is -0.373. The number of hydrogen-bond acceptors (Lipinski definition) is 3. The predicted octanol–water partition coefficient (Wildman–Crippen LogP) is 4.30. The van der Waals surface area contributed by atoms with Crippen molar-refractivity contribution in [3.8, 4) is 0 Å². The highest BCUT2D eigenvalue weighted by Gasteiger charge is 2.12. The normalized spacial score (nSPS) is 10.9. The molecule has 1 aromatic heterocycles. The van der Waals surface area contributed by atoms with Crippen molar-refractivity contribution in [3.63, 3.8) is 0 Å². The Morgan fingerprint density at radius 3 is 2.72 bits per heavy atom. The number of nitrogens with one attached hydrogen (secondary N) is 1. The molecule has 0 saturated heterocycles. The van der Waals surface area contributed by atoms with Crippen LogP contribution in [0.1, 0.15) is 5.56 Å². The Bertz CT molecular complexity index is 1050. The fraction of sp³-hybridized carbons (Fsp3) is 0.118. The first kappa shape index (κ1) is 17.7. The number of benzene rings is 2. The standard InChI is InChI=1S/C17H12Cl3N3O2/c1-9-12(19)3-2-4-14(9)22-15(24)7-23-8-21-16-11(17(23)25)5-10(18)6-13(16)20/h2-6,8H,7H2,1H3,(H,22,24). The number of amides is 1. The Labute approximate surface area is 158 Å². The van der Waals surface area contributed by atoms with Crippen LogP contribution in [0.5, 0.6) is 0 Å². The number of aromatic nitrogens is 2. The number of rotatable bonds is 3. The van der Waals surface area contributed by atoms with Gasteiger partial charge in [-0.2, -0.15) is 0 Å². The number of nitrogens with zero attached hydrogens (tertiary/aromatic N) is 2. The van der Waals surface area contributed by atoms with E-state index < -0.39 is 5.56 Å². The molecule has 0 radical (unpaired) electrons. The largest absolute Gasteiger partial charge is 0.324 e. The molecule has 1 N–H and O–H groups in total. The molecule has 0 aliphatic carbocycles. The van der Waals surface area contributed by atoms with E-state index in [4.69, 9.17) is 34.8 Å². The highest BCUT2D eigenvalue weighted by atomic mass is 35.5. The SMILES string of the molecule is Cc1c(Cl)cccc1NC(=O)Cn1cnc2c(Cl)cc(Cl)cc2c1=O. The van der Waals surface area contributed by atoms with Crippen molar-refractivity contribution < 1.29 is 4.79 Å². The molecule has 3 rings (SSSR count). The molecule has 0 aliphatic rings. The second kappa shape index (κ2) is 7.04. The van der Waals surface area contributed by atoms with Crippen LogP contribution in [-0.4, -0.2) is 15.5 Å². The maximum Gasteiger partial charge on any atom is 0.261 e. The first-order valence-electron chi connectivity index (χ1n) is 7.26. The van der Waals surface area contributed by atoms with Gasteiger partial charge in [-0.05, 0) is 36.8 Å². The van der Waals surface area contributed by atoms with Crippen molar-refractivity contribution in [3.05, 3.63) is 67.6 Å². The van der Waals surface area contributed by atoms with E-state index in [1.54, 1.807) is 25.1 Å². The van der Waals surface area contributed by atoms with E-state index in [1.165, 1.54) is 23.0 Å². The van der Waals surface area contributed by atoms with E-state index in [0.29, 0.717) is 21.2 Å². The lowest BCUT2D eigenvalue weighted by Gasteiger charge is -2.11. The fourth-order valence-electron chi connectivity index (χ4n) is 2.39. The zero-order valence-electron chi connectivity index (χ0n) is 13.0. The van der Waals surface area contributed by atoms with E-state index in [1.807, 2.05) is 0 Å². The molecule has 0 atom stereocenters. The van der Waals surface area contributed by atoms with E-state index >= 15 is 0 Å². The van der Waals surface area contributed by atoms with Gasteiger partial charge in [0.25, 0.3) is 5.56 Å². The fourth-order valence-corrected chi connectivity index (χ4v) is 3.11. The first-order valence-corrected chi connectivity index (χ1v) is 8.39. The summed E-state index contributed by atoms with van der Waals surface area (Å²) >= 11 is 18.0. The molecule has 2 aromatic carbocycles. The molecule has 0 aliphatic heterocycles. The van der Waals surface area contributed by atoms with Gasteiger partial charge in [0.05, 0.1) is 22.3 Å². The monoisotopic (exact) mass is 395 g/mol. The van der Waals surface area contributed by atoms with E-state index in [9.17, 15) is 9.59 Å². The highest BCUT2D eigenvalue weighted by Crippen LogP contribution is 2.24. The summed E-state index contributed by atoms with van der Waals surface area (Å²) < 4.78 is 1.20. The maximum absolute atomic E-state index is 12.5. The van der Waals surface area contributed by atoms with Gasteiger partial charge < -0.3 is 5.32 Å². The lowest BCUT2D eigenvalue weighted by molar-refractivity contribution is -0.116. The summed E-state index contributed by atoms with van der Waals surface area (Å²) in [7, 11) is 0. The third-order valence-electron chi connectivity index (χ3n) is 3.70. The van der Waals surface area contributed by atoms with Crippen molar-refractivity contribution in [2.24, 2.45) is 0 Å². The summed E-state index contributed by atoms with van der Waals surface area (Å²) in [6.45, 7) is 1.60. The van der Waals surface area contributed by atoms with Gasteiger partial charge in [-0.3, -0.25) is 14.2 Å². The summed E-state index contributed by atoms with van der Waals surface area (Å²) in [5, 5.41) is 4.15. The zero-order chi connectivity index (χ0) is 18.1. The van der Waals surface area contributed by atoms with Gasteiger partial charge in [-0.1, -0.05) is 40.9 Å². The molecule has 0 spiro atoms. The third kappa shape index (κ3) is 3.63. The summed E-state index contributed by atoms with van der Waals surface area (Å²) in [5.41, 5.74) is 1.29. The lowest BCUT2D eigenvalue weighted by Crippen LogP contribution is -2.28. The number of fused-ring (bicyclic) bond motifs is 1. The van der Waals surface area contributed by atoms with Gasteiger partial charge in [-0.25, -0.2) is 4.98 Å². The van der Waals surface area contributed by atoms with Gasteiger partial charge >= 0.3 is 0 Å². The molecular formula is C17H12Cl3N3O2. The van der Waals surface area contributed by atoms with Gasteiger partial charge in [0.15, 0.2) is 0 Å². The summed E-state index contributed by atoms with van der Waals surface area (Å²) in [4.78, 5) is 29.0. The Balaban J connectivity index is 1.90. The summed E-state index contributed by atoms with van der Waals surface area (Å²) in [6, 6.07) is 8.20. The van der Waals surface area contributed by atoms with Crippen molar-refractivity contribution in [2.75, 3.05) is 5.32 Å². The van der Waals surface area contributed by atoms with Gasteiger partial charge in [0, 0.05) is 15.7 Å². The minimum Gasteiger partial charge on any atom is -0.324 e. The van der Waals surface area contributed by atoms with Crippen LogP contribution in [0, 0.1) is 6.92 Å². The number of halogens is 3. The Kier molecular flexibility index (Phi) is 4.99. The molecule has 3 aromatic rings. The third-order valence-corrected chi connectivity index (χ3v) is 4.62. The van der Waals surface area contributed by atoms with E-state index in [0.717, 1.165) is 5.56 Å². The van der Waals surface area contributed by atoms with Crippen LogP contribution in [-0.2, 0) is 11.3 Å². The Morgan fingerprint density at radius 1 is 1.20 bits per heavy atom. The molecule has 1 heterocycles. The van der Waals surface area contributed by atoms with Crippen molar-refractivity contribution in [2.45, 2.75) is 13.5 Å². The lowest BCUT2D eigenvalue weighted by atomic mass is 10.2. The van der Waals surface area contributed by atoms with Gasteiger partial charge in [-0.15, -0.1) is 0 Å². The average molecular weight is 397 g/mol. The maximum atomic E-state index is 12.5. The smallest absolute Gasteiger partial charge is 0.261 e. The minimum atomic E-state index is -0.396. The number of anilines is 1. The molecule has 0 fully saturated rings. The minimum absolute atomic E-state index is 0.197. The van der Waals surface area contributed by atoms with Crippen LogP contribution in [0.3, 0.4) is 0 Å². The molecule has 0 saturated carbocycles. The van der Waals surface area contributed by atoms with Crippen LogP contribution >= 0.6 is 34.8 Å². The number of carbonyl (C=O) groups excluding carboxylic acids is 1. The molecule has 1 amide bonds. The van der Waals surface area contributed by atoms with Crippen molar-refractivity contribution in [1.29, 1.82) is 0 Å². The van der Waals surface area contributed by atoms with Crippen LogP contribution in [0.15, 0.2) is 41.5 Å². The number of carbonyl (C=O) groups is 1. The van der Waals surface area contributed by atoms with Crippen molar-refractivity contribution >= 4 is 57.3 Å². The Morgan fingerprint density at radius 2 is 1.96 bits per heavy atom. The van der Waals surface area contributed by atoms with Crippen LogP contribution in [0.25, 0.3) is 10.9 Å². The van der Waals surface area contributed by atoms with Gasteiger partial charge in [0.1, 0.15) is 6.54 Å². The average Bonchev–Trinajstić information content (AvgIpc) is 2.55. The molecule has 0 unspecified atom stereocenters. The Hall–Kier alpha value is -2.08. The number of hydrogen-bond donors (Lipinski definition) is 1. The second-order valence-corrected chi connectivity index (χ2v) is 6.67. The molecule has 25 heavy (non-hydrogen) atoms. The first-order chi connectivity index (χ1) is 11.9. The highest BCUT2D eigenvalue weighted by molar-refractivity contribution is 6.38. The second-order valence-electron chi connectivity index (χ2n) is 5.42. The quantitative estimate of drug-likeness (QED) is 0.718. The molecule has 8 heteroatoms. The van der Waals surface area contributed by atoms with Crippen LogP contribution in [0.2, 0.25) is 15.1 Å². The molecule has 5 nitrogen and oxygen atoms in total. The molecule has 0 bridgehead atoms. The molecular weight excluding hydrogens is 385 g/mol. The van der Waals surface area contributed by atoms with Gasteiger partial charge in [0.2, 0.25) is 5.91 Å². The van der Waals surface area contributed by atoms with Crippen LogP contribution < -0.4 is 10.9 Å². The summed E-state index contributed by atoms with van der Waals surface area (Å²) in [6.07, 6.45) is 1.29.